The van der Waals surface area contributed by atoms with Crippen molar-refractivity contribution in [3.63, 3.8) is 0 Å². The lowest BCUT2D eigenvalue weighted by molar-refractivity contribution is -0.150. The van der Waals surface area contributed by atoms with Gasteiger partial charge in [0.25, 0.3) is 0 Å². The van der Waals surface area contributed by atoms with Crippen LogP contribution in [-0.2, 0) is 9.53 Å². The normalized spacial score (nSPS) is 24.6. The van der Waals surface area contributed by atoms with Gasteiger partial charge in [-0.05, 0) is 70.0 Å². The molecule has 154 valence electrons. The maximum Gasteiger partial charge on any atom is 0.312 e. The molecule has 6 heteroatoms. The number of cyclic esters (lactones) is 1. The predicted octanol–water partition coefficient (Wildman–Crippen LogP) is 3.68. The van der Waals surface area contributed by atoms with Gasteiger partial charge in [-0.3, -0.25) is 14.7 Å². The van der Waals surface area contributed by atoms with E-state index in [0.29, 0.717) is 0 Å². The number of ether oxygens (including phenoxy) is 1. The van der Waals surface area contributed by atoms with E-state index in [-0.39, 0.29) is 23.3 Å². The molecule has 29 heavy (non-hydrogen) atoms. The second kappa shape index (κ2) is 7.24. The van der Waals surface area contributed by atoms with Gasteiger partial charge in [-0.1, -0.05) is 0 Å². The van der Waals surface area contributed by atoms with Crippen LogP contribution >= 0.6 is 0 Å². The molecule has 1 unspecified atom stereocenters. The molecule has 0 radical (unpaired) electrons. The number of nitrogens with zero attached hydrogens (tertiary/aromatic N) is 3. The Balaban J connectivity index is 1.32. The minimum atomic E-state index is -0.343. The Labute approximate surface area is 170 Å². The fraction of sp³-hybridized carbons (Fsp3) is 0.565. The number of pyridine rings is 1. The van der Waals surface area contributed by atoms with E-state index in [0.717, 1.165) is 74.3 Å². The summed E-state index contributed by atoms with van der Waals surface area (Å²) in [6.07, 6.45) is 4.95. The Morgan fingerprint density at radius 3 is 2.69 bits per heavy atom. The minimum Gasteiger partial charge on any atom is -0.461 e. The Morgan fingerprint density at radius 1 is 1.17 bits per heavy atom. The molecule has 5 rings (SSSR count). The van der Waals surface area contributed by atoms with Crippen LogP contribution in [0.2, 0.25) is 0 Å². The first-order valence-corrected chi connectivity index (χ1v) is 10.8. The van der Waals surface area contributed by atoms with Crippen molar-refractivity contribution in [2.45, 2.75) is 45.1 Å². The number of piperidine rings is 1. The van der Waals surface area contributed by atoms with Gasteiger partial charge in [-0.15, -0.1) is 0 Å². The molecule has 1 atom stereocenters. The molecule has 3 saturated heterocycles. The summed E-state index contributed by atoms with van der Waals surface area (Å²) in [6, 6.07) is 6.79. The van der Waals surface area contributed by atoms with E-state index in [1.54, 1.807) is 12.1 Å². The standard InChI is InChI=1S/C23H28FN3O2/c1-16-12-21(19-13-17(24)4-5-20(19)25-16)27-10-6-23(7-11-27)14-18(29-22(23)28)15-26-8-2-3-9-26/h4-5,12-13,18H,2-3,6-11,14-15H2,1H3. The summed E-state index contributed by atoms with van der Waals surface area (Å²) < 4.78 is 19.7. The third-order valence-corrected chi connectivity index (χ3v) is 6.92. The third kappa shape index (κ3) is 3.48. The number of aromatic nitrogens is 1. The Bertz CT molecular complexity index is 933. The number of likely N-dealkylation sites (tertiary alicyclic amines) is 1. The number of fused-ring (bicyclic) bond motifs is 1. The van der Waals surface area contributed by atoms with Gasteiger partial charge in [-0.2, -0.15) is 0 Å². The van der Waals surface area contributed by atoms with E-state index >= 15 is 0 Å². The molecule has 5 nitrogen and oxygen atoms in total. The third-order valence-electron chi connectivity index (χ3n) is 6.92. The molecule has 3 aliphatic heterocycles. The molecule has 1 aromatic carbocycles. The van der Waals surface area contributed by atoms with Crippen LogP contribution in [0.5, 0.6) is 0 Å². The number of benzene rings is 1. The number of rotatable bonds is 3. The summed E-state index contributed by atoms with van der Waals surface area (Å²) in [4.78, 5) is 22.0. The molecule has 0 aliphatic carbocycles. The van der Waals surface area contributed by atoms with Gasteiger partial charge >= 0.3 is 5.97 Å². The lowest BCUT2D eigenvalue weighted by Gasteiger charge is -2.38. The van der Waals surface area contributed by atoms with Gasteiger partial charge in [0.1, 0.15) is 11.9 Å². The summed E-state index contributed by atoms with van der Waals surface area (Å²) in [7, 11) is 0. The zero-order valence-corrected chi connectivity index (χ0v) is 17.0. The summed E-state index contributed by atoms with van der Waals surface area (Å²) in [5.41, 5.74) is 2.41. The Kier molecular flexibility index (Phi) is 4.69. The second-order valence-corrected chi connectivity index (χ2v) is 8.95. The van der Waals surface area contributed by atoms with Crippen molar-refractivity contribution in [3.8, 4) is 0 Å². The van der Waals surface area contributed by atoms with E-state index in [1.807, 2.05) is 13.0 Å². The van der Waals surface area contributed by atoms with Crippen molar-refractivity contribution in [1.82, 2.24) is 9.88 Å². The van der Waals surface area contributed by atoms with E-state index < -0.39 is 0 Å². The van der Waals surface area contributed by atoms with Crippen LogP contribution < -0.4 is 4.90 Å². The lowest BCUT2D eigenvalue weighted by Crippen LogP contribution is -2.42. The fourth-order valence-electron chi connectivity index (χ4n) is 5.35. The molecule has 0 saturated carbocycles. The zero-order valence-electron chi connectivity index (χ0n) is 17.0. The van der Waals surface area contributed by atoms with Crippen molar-refractivity contribution in [2.75, 3.05) is 37.6 Å². The maximum atomic E-state index is 13.9. The van der Waals surface area contributed by atoms with Gasteiger partial charge in [0.15, 0.2) is 0 Å². The molecule has 0 bridgehead atoms. The fourth-order valence-corrected chi connectivity index (χ4v) is 5.35. The number of aryl methyl sites for hydroxylation is 1. The average Bonchev–Trinajstić information content (AvgIpc) is 3.31. The molecule has 1 aromatic heterocycles. The molecular weight excluding hydrogens is 369 g/mol. The number of hydrogen-bond acceptors (Lipinski definition) is 5. The number of halogens is 1. The summed E-state index contributed by atoms with van der Waals surface area (Å²) in [5, 5.41) is 0.840. The van der Waals surface area contributed by atoms with Crippen LogP contribution in [0.4, 0.5) is 10.1 Å². The van der Waals surface area contributed by atoms with Gasteiger partial charge in [-0.25, -0.2) is 4.39 Å². The van der Waals surface area contributed by atoms with Crippen molar-refractivity contribution in [3.05, 3.63) is 35.8 Å². The first-order valence-electron chi connectivity index (χ1n) is 10.8. The first kappa shape index (κ1) is 18.8. The number of carbonyl (C=O) groups is 1. The highest BCUT2D eigenvalue weighted by atomic mass is 19.1. The highest BCUT2D eigenvalue weighted by Gasteiger charge is 2.50. The van der Waals surface area contributed by atoms with E-state index in [4.69, 9.17) is 4.74 Å². The maximum absolute atomic E-state index is 13.9. The molecule has 4 heterocycles. The van der Waals surface area contributed by atoms with E-state index in [1.165, 1.54) is 18.9 Å². The topological polar surface area (TPSA) is 45.7 Å². The SMILES string of the molecule is Cc1cc(N2CCC3(CC2)CC(CN2CCCC2)OC3=O)c2cc(F)ccc2n1. The van der Waals surface area contributed by atoms with Gasteiger partial charge in [0, 0.05) is 42.8 Å². The molecule has 3 aliphatic rings. The van der Waals surface area contributed by atoms with Crippen LogP contribution in [0, 0.1) is 18.2 Å². The molecule has 0 N–H and O–H groups in total. The zero-order chi connectivity index (χ0) is 20.0. The first-order chi connectivity index (χ1) is 14.0. The van der Waals surface area contributed by atoms with Crippen LogP contribution in [-0.4, -0.2) is 54.7 Å². The smallest absolute Gasteiger partial charge is 0.312 e. The monoisotopic (exact) mass is 397 g/mol. The van der Waals surface area contributed by atoms with Crippen LogP contribution in [0.25, 0.3) is 10.9 Å². The van der Waals surface area contributed by atoms with Gasteiger partial charge in [0.2, 0.25) is 0 Å². The van der Waals surface area contributed by atoms with Crippen LogP contribution in [0.1, 0.15) is 37.8 Å². The molecule has 3 fully saturated rings. The average molecular weight is 397 g/mol. The minimum absolute atomic E-state index is 0.0110. The van der Waals surface area contributed by atoms with Gasteiger partial charge in [0.05, 0.1) is 10.9 Å². The van der Waals surface area contributed by atoms with E-state index in [9.17, 15) is 9.18 Å². The van der Waals surface area contributed by atoms with E-state index in [2.05, 4.69) is 14.8 Å². The lowest BCUT2D eigenvalue weighted by atomic mass is 9.76. The van der Waals surface area contributed by atoms with Crippen molar-refractivity contribution in [1.29, 1.82) is 0 Å². The number of carbonyl (C=O) groups excluding carboxylic acids is 1. The number of hydrogen-bond donors (Lipinski definition) is 0. The highest BCUT2D eigenvalue weighted by molar-refractivity contribution is 5.92. The number of anilines is 1. The van der Waals surface area contributed by atoms with Crippen molar-refractivity contribution < 1.29 is 13.9 Å². The molecule has 1 spiro atoms. The second-order valence-electron chi connectivity index (χ2n) is 8.95. The Hall–Kier alpha value is -2.21. The quantitative estimate of drug-likeness (QED) is 0.740. The molecular formula is C23H28FN3O2. The molecule has 2 aromatic rings. The Morgan fingerprint density at radius 2 is 1.93 bits per heavy atom. The van der Waals surface area contributed by atoms with Crippen LogP contribution in [0.15, 0.2) is 24.3 Å². The highest BCUT2D eigenvalue weighted by Crippen LogP contribution is 2.44. The summed E-state index contributed by atoms with van der Waals surface area (Å²) in [5.74, 6) is -0.259. The van der Waals surface area contributed by atoms with Gasteiger partial charge < -0.3 is 9.64 Å². The predicted molar refractivity (Wildman–Crippen MR) is 110 cm³/mol. The molecule has 0 amide bonds. The van der Waals surface area contributed by atoms with Crippen molar-refractivity contribution in [2.24, 2.45) is 5.41 Å². The largest absolute Gasteiger partial charge is 0.461 e. The summed E-state index contributed by atoms with van der Waals surface area (Å²) in [6.45, 7) is 6.65. The van der Waals surface area contributed by atoms with Crippen molar-refractivity contribution >= 4 is 22.6 Å². The number of esters is 1. The summed E-state index contributed by atoms with van der Waals surface area (Å²) >= 11 is 0. The van der Waals surface area contributed by atoms with Crippen LogP contribution in [0.3, 0.4) is 0 Å².